The molecule has 2 aliphatic rings. The summed E-state index contributed by atoms with van der Waals surface area (Å²) in [5.41, 5.74) is 0. The number of likely N-dealkylation sites (tertiary alicyclic amines) is 1. The summed E-state index contributed by atoms with van der Waals surface area (Å²) in [6, 6.07) is 0.629. The van der Waals surface area contributed by atoms with Crippen molar-refractivity contribution in [3.05, 3.63) is 22.1 Å². The molecule has 0 N–H and O–H groups in total. The summed E-state index contributed by atoms with van der Waals surface area (Å²) in [4.78, 5) is 30.0. The van der Waals surface area contributed by atoms with Gasteiger partial charge in [0.05, 0.1) is 6.54 Å². The van der Waals surface area contributed by atoms with E-state index in [0.29, 0.717) is 11.8 Å². The number of hydrogen-bond donors (Lipinski definition) is 0. The lowest BCUT2D eigenvalue weighted by Gasteiger charge is -2.41. The third-order valence-corrected chi connectivity index (χ3v) is 5.16. The fourth-order valence-electron chi connectivity index (χ4n) is 3.51. The van der Waals surface area contributed by atoms with Gasteiger partial charge in [-0.15, -0.1) is 0 Å². The fraction of sp³-hybridized carbons (Fsp3) is 0.765. The standard InChI is InChI=1S/C17H27N3O5/c1-13-15(25-17(22)24-13)12-23-16(21)11-19-5-3-14(4-6-19)20-9-7-18(2)8-10-20/h14H,3-12H2,1-2H3. The number of aryl methyl sites for hydroxylation is 1. The minimum atomic E-state index is -0.769. The van der Waals surface area contributed by atoms with Crippen molar-refractivity contribution in [3.8, 4) is 0 Å². The number of likely N-dealkylation sites (N-methyl/N-ethyl adjacent to an activating group) is 1. The molecule has 0 bridgehead atoms. The number of carbonyl (C=O) groups is 1. The predicted octanol–water partition coefficient (Wildman–Crippen LogP) is 0.296. The second-order valence-electron chi connectivity index (χ2n) is 6.94. The third kappa shape index (κ3) is 4.93. The molecule has 25 heavy (non-hydrogen) atoms. The molecule has 1 aromatic heterocycles. The van der Waals surface area contributed by atoms with Gasteiger partial charge in [-0.05, 0) is 26.8 Å². The van der Waals surface area contributed by atoms with Gasteiger partial charge in [0, 0.05) is 45.3 Å². The van der Waals surface area contributed by atoms with Crippen LogP contribution in [0.15, 0.2) is 13.6 Å². The van der Waals surface area contributed by atoms with E-state index in [0.717, 1.165) is 52.1 Å². The quantitative estimate of drug-likeness (QED) is 0.699. The van der Waals surface area contributed by atoms with E-state index < -0.39 is 5.82 Å². The van der Waals surface area contributed by atoms with Gasteiger partial charge in [-0.25, -0.2) is 4.79 Å². The van der Waals surface area contributed by atoms with Gasteiger partial charge in [0.15, 0.2) is 18.1 Å². The normalized spacial score (nSPS) is 21.5. The minimum absolute atomic E-state index is 0.0613. The predicted molar refractivity (Wildman–Crippen MR) is 90.3 cm³/mol. The van der Waals surface area contributed by atoms with E-state index in [9.17, 15) is 9.59 Å². The van der Waals surface area contributed by atoms with Crippen LogP contribution in [-0.4, -0.2) is 79.6 Å². The second kappa shape index (κ2) is 8.16. The molecular formula is C17H27N3O5. The highest BCUT2D eigenvalue weighted by Gasteiger charge is 2.27. The molecule has 0 radical (unpaired) electrons. The Balaban J connectivity index is 1.37. The lowest BCUT2D eigenvalue weighted by atomic mass is 10.0. The molecule has 0 amide bonds. The van der Waals surface area contributed by atoms with Gasteiger partial charge >= 0.3 is 11.8 Å². The molecule has 0 spiro atoms. The first-order chi connectivity index (χ1) is 12.0. The summed E-state index contributed by atoms with van der Waals surface area (Å²) in [7, 11) is 2.17. The number of piperidine rings is 1. The molecule has 1 aromatic rings. The molecule has 3 rings (SSSR count). The molecule has 0 aliphatic carbocycles. The Hall–Kier alpha value is -1.64. The van der Waals surface area contributed by atoms with Crippen LogP contribution in [0.1, 0.15) is 24.4 Å². The van der Waals surface area contributed by atoms with Gasteiger partial charge in [-0.1, -0.05) is 0 Å². The summed E-state index contributed by atoms with van der Waals surface area (Å²) in [6.45, 7) is 8.18. The number of nitrogens with zero attached hydrogens (tertiary/aromatic N) is 3. The highest BCUT2D eigenvalue weighted by atomic mass is 16.6. The number of carbonyl (C=O) groups excluding carboxylic acids is 1. The summed E-state index contributed by atoms with van der Waals surface area (Å²) >= 11 is 0. The maximum Gasteiger partial charge on any atom is 0.519 e. The Bertz CT molecular complexity index is 624. The monoisotopic (exact) mass is 353 g/mol. The van der Waals surface area contributed by atoms with Gasteiger partial charge in [-0.3, -0.25) is 14.6 Å². The van der Waals surface area contributed by atoms with Crippen molar-refractivity contribution in [2.24, 2.45) is 0 Å². The van der Waals surface area contributed by atoms with Gasteiger partial charge in [-0.2, -0.15) is 0 Å². The van der Waals surface area contributed by atoms with E-state index >= 15 is 0 Å². The molecule has 2 saturated heterocycles. The van der Waals surface area contributed by atoms with Crippen LogP contribution >= 0.6 is 0 Å². The minimum Gasteiger partial charge on any atom is -0.456 e. The number of ether oxygens (including phenoxy) is 1. The van der Waals surface area contributed by atoms with Gasteiger partial charge < -0.3 is 18.5 Å². The van der Waals surface area contributed by atoms with Crippen molar-refractivity contribution >= 4 is 5.97 Å². The summed E-state index contributed by atoms with van der Waals surface area (Å²) in [5.74, 6) is -0.450. The molecule has 8 nitrogen and oxygen atoms in total. The largest absolute Gasteiger partial charge is 0.519 e. The van der Waals surface area contributed by atoms with Crippen LogP contribution in [0.4, 0.5) is 0 Å². The lowest BCUT2D eigenvalue weighted by molar-refractivity contribution is -0.147. The van der Waals surface area contributed by atoms with E-state index in [1.54, 1.807) is 6.92 Å². The van der Waals surface area contributed by atoms with E-state index in [1.807, 2.05) is 0 Å². The van der Waals surface area contributed by atoms with Crippen molar-refractivity contribution < 1.29 is 18.4 Å². The molecule has 2 aliphatic heterocycles. The second-order valence-corrected chi connectivity index (χ2v) is 6.94. The zero-order valence-corrected chi connectivity index (χ0v) is 15.0. The maximum atomic E-state index is 12.0. The zero-order chi connectivity index (χ0) is 17.8. The summed E-state index contributed by atoms with van der Waals surface area (Å²) in [5, 5.41) is 0. The molecular weight excluding hydrogens is 326 g/mol. The van der Waals surface area contributed by atoms with E-state index in [2.05, 4.69) is 21.7 Å². The number of piperazine rings is 1. The van der Waals surface area contributed by atoms with Gasteiger partial charge in [0.1, 0.15) is 0 Å². The fourth-order valence-corrected chi connectivity index (χ4v) is 3.51. The Morgan fingerprint density at radius 2 is 1.80 bits per heavy atom. The first kappa shape index (κ1) is 18.2. The van der Waals surface area contributed by atoms with E-state index in [4.69, 9.17) is 13.6 Å². The Morgan fingerprint density at radius 1 is 1.12 bits per heavy atom. The van der Waals surface area contributed by atoms with Crippen LogP contribution in [0.5, 0.6) is 0 Å². The van der Waals surface area contributed by atoms with Crippen LogP contribution in [-0.2, 0) is 16.1 Å². The van der Waals surface area contributed by atoms with Crippen LogP contribution < -0.4 is 5.82 Å². The molecule has 140 valence electrons. The van der Waals surface area contributed by atoms with E-state index in [-0.39, 0.29) is 24.9 Å². The van der Waals surface area contributed by atoms with Crippen LogP contribution in [0.25, 0.3) is 0 Å². The Morgan fingerprint density at radius 3 is 2.40 bits per heavy atom. The Kier molecular flexibility index (Phi) is 5.93. The molecule has 3 heterocycles. The van der Waals surface area contributed by atoms with E-state index in [1.165, 1.54) is 0 Å². The average molecular weight is 353 g/mol. The van der Waals surface area contributed by atoms with Crippen molar-refractivity contribution in [1.82, 2.24) is 14.7 Å². The highest BCUT2D eigenvalue weighted by Crippen LogP contribution is 2.18. The number of esters is 1. The molecule has 0 atom stereocenters. The molecule has 0 unspecified atom stereocenters. The van der Waals surface area contributed by atoms with Gasteiger partial charge in [0.2, 0.25) is 0 Å². The maximum absolute atomic E-state index is 12.0. The van der Waals surface area contributed by atoms with Gasteiger partial charge in [0.25, 0.3) is 0 Å². The number of hydrogen-bond acceptors (Lipinski definition) is 8. The van der Waals surface area contributed by atoms with Crippen molar-refractivity contribution in [3.63, 3.8) is 0 Å². The van der Waals surface area contributed by atoms with Crippen LogP contribution in [0.3, 0.4) is 0 Å². The summed E-state index contributed by atoms with van der Waals surface area (Å²) < 4.78 is 14.8. The number of rotatable bonds is 5. The Labute approximate surface area is 147 Å². The summed E-state index contributed by atoms with van der Waals surface area (Å²) in [6.07, 6.45) is 2.18. The van der Waals surface area contributed by atoms with Crippen LogP contribution in [0.2, 0.25) is 0 Å². The molecule has 0 aromatic carbocycles. The molecule has 8 heteroatoms. The van der Waals surface area contributed by atoms with Crippen molar-refractivity contribution in [2.45, 2.75) is 32.4 Å². The highest BCUT2D eigenvalue weighted by molar-refractivity contribution is 5.71. The van der Waals surface area contributed by atoms with Crippen molar-refractivity contribution in [1.29, 1.82) is 0 Å². The lowest BCUT2D eigenvalue weighted by Crippen LogP contribution is -2.52. The van der Waals surface area contributed by atoms with Crippen LogP contribution in [0, 0.1) is 6.92 Å². The first-order valence-electron chi connectivity index (χ1n) is 8.91. The SMILES string of the molecule is Cc1oc(=O)oc1COC(=O)CN1CCC(N2CCN(C)CC2)CC1. The zero-order valence-electron chi connectivity index (χ0n) is 15.0. The van der Waals surface area contributed by atoms with Crippen molar-refractivity contribution in [2.75, 3.05) is 52.9 Å². The first-order valence-corrected chi connectivity index (χ1v) is 8.91. The smallest absolute Gasteiger partial charge is 0.456 e. The third-order valence-electron chi connectivity index (χ3n) is 5.16. The molecule has 0 saturated carbocycles. The average Bonchev–Trinajstić information content (AvgIpc) is 2.92. The molecule has 2 fully saturated rings. The topological polar surface area (TPSA) is 79.4 Å².